The average Bonchev–Trinajstić information content (AvgIpc) is 2.22. The van der Waals surface area contributed by atoms with Crippen molar-refractivity contribution in [1.82, 2.24) is 4.90 Å². The molecular formula is C15H21NO3. The van der Waals surface area contributed by atoms with Crippen LogP contribution in [0.3, 0.4) is 0 Å². The first-order valence-corrected chi connectivity index (χ1v) is 6.59. The lowest BCUT2D eigenvalue weighted by atomic mass is 9.92. The molecule has 0 aliphatic carbocycles. The van der Waals surface area contributed by atoms with Crippen LogP contribution in [0.25, 0.3) is 0 Å². The summed E-state index contributed by atoms with van der Waals surface area (Å²) in [6.07, 6.45) is 0.703. The number of nitrogens with zero attached hydrogens (tertiary/aromatic N) is 1. The van der Waals surface area contributed by atoms with Crippen molar-refractivity contribution in [3.05, 3.63) is 29.8 Å². The highest BCUT2D eigenvalue weighted by Gasteiger charge is 2.33. The molecule has 0 spiro atoms. The van der Waals surface area contributed by atoms with E-state index < -0.39 is 5.60 Å². The highest BCUT2D eigenvalue weighted by molar-refractivity contribution is 5.69. The monoisotopic (exact) mass is 263 g/mol. The van der Waals surface area contributed by atoms with E-state index in [-0.39, 0.29) is 11.8 Å². The number of benzene rings is 1. The van der Waals surface area contributed by atoms with Gasteiger partial charge in [-0.05, 0) is 50.8 Å². The van der Waals surface area contributed by atoms with E-state index >= 15 is 0 Å². The second-order valence-corrected chi connectivity index (χ2v) is 6.12. The van der Waals surface area contributed by atoms with E-state index in [1.807, 2.05) is 32.9 Å². The minimum Gasteiger partial charge on any atom is -0.508 e. The lowest BCUT2D eigenvalue weighted by Gasteiger charge is -2.39. The summed E-state index contributed by atoms with van der Waals surface area (Å²) < 4.78 is 5.31. The van der Waals surface area contributed by atoms with Crippen molar-refractivity contribution >= 4 is 6.09 Å². The van der Waals surface area contributed by atoms with Crippen molar-refractivity contribution in [2.75, 3.05) is 13.1 Å². The van der Waals surface area contributed by atoms with Gasteiger partial charge in [0, 0.05) is 13.1 Å². The van der Waals surface area contributed by atoms with Gasteiger partial charge < -0.3 is 14.7 Å². The molecule has 0 radical (unpaired) electrons. The predicted molar refractivity (Wildman–Crippen MR) is 73.1 cm³/mol. The molecule has 0 bridgehead atoms. The Labute approximate surface area is 114 Å². The number of hydrogen-bond acceptors (Lipinski definition) is 3. The molecular weight excluding hydrogens is 242 g/mol. The number of phenols is 1. The summed E-state index contributed by atoms with van der Waals surface area (Å²) in [5.41, 5.74) is 0.755. The van der Waals surface area contributed by atoms with Gasteiger partial charge in [-0.3, -0.25) is 0 Å². The van der Waals surface area contributed by atoms with Gasteiger partial charge in [0.05, 0.1) is 0 Å². The van der Waals surface area contributed by atoms with Gasteiger partial charge in [0.15, 0.2) is 0 Å². The first kappa shape index (κ1) is 13.7. The summed E-state index contributed by atoms with van der Waals surface area (Å²) in [6.45, 7) is 7.11. The molecule has 0 aromatic heterocycles. The SMILES string of the molecule is CC(C)(C)OC(=O)N1CC(Cc2ccc(O)cc2)C1. The molecule has 1 saturated heterocycles. The minimum atomic E-state index is -0.431. The Morgan fingerprint density at radius 3 is 2.42 bits per heavy atom. The van der Waals surface area contributed by atoms with Crippen LogP contribution in [0.4, 0.5) is 4.79 Å². The Hall–Kier alpha value is -1.71. The number of carbonyl (C=O) groups is 1. The van der Waals surface area contributed by atoms with Gasteiger partial charge in [0.25, 0.3) is 0 Å². The molecule has 104 valence electrons. The number of likely N-dealkylation sites (tertiary alicyclic amines) is 1. The van der Waals surface area contributed by atoms with Crippen LogP contribution in [-0.4, -0.2) is 34.8 Å². The summed E-state index contributed by atoms with van der Waals surface area (Å²) in [7, 11) is 0. The Kier molecular flexibility index (Phi) is 3.69. The summed E-state index contributed by atoms with van der Waals surface area (Å²) in [4.78, 5) is 13.5. The molecule has 4 heteroatoms. The summed E-state index contributed by atoms with van der Waals surface area (Å²) >= 11 is 0. The molecule has 1 N–H and O–H groups in total. The molecule has 1 amide bonds. The number of phenolic OH excluding ortho intramolecular Hbond substituents is 1. The quantitative estimate of drug-likeness (QED) is 0.892. The van der Waals surface area contributed by atoms with Crippen molar-refractivity contribution in [3.63, 3.8) is 0 Å². The number of ether oxygens (including phenoxy) is 1. The molecule has 0 unspecified atom stereocenters. The molecule has 1 fully saturated rings. The maximum absolute atomic E-state index is 11.8. The first-order valence-electron chi connectivity index (χ1n) is 6.59. The van der Waals surface area contributed by atoms with Gasteiger partial charge in [-0.15, -0.1) is 0 Å². The molecule has 19 heavy (non-hydrogen) atoms. The minimum absolute atomic E-state index is 0.227. The van der Waals surface area contributed by atoms with Crippen LogP contribution in [0.15, 0.2) is 24.3 Å². The van der Waals surface area contributed by atoms with Crippen molar-refractivity contribution in [3.8, 4) is 5.75 Å². The summed E-state index contributed by atoms with van der Waals surface area (Å²) in [6, 6.07) is 7.23. The van der Waals surface area contributed by atoms with Gasteiger partial charge in [0.2, 0.25) is 0 Å². The third kappa shape index (κ3) is 3.88. The molecule has 1 aromatic rings. The number of rotatable bonds is 2. The highest BCUT2D eigenvalue weighted by atomic mass is 16.6. The van der Waals surface area contributed by atoms with E-state index in [0.717, 1.165) is 19.5 Å². The Morgan fingerprint density at radius 2 is 1.89 bits per heavy atom. The third-order valence-corrected chi connectivity index (χ3v) is 3.07. The second-order valence-electron chi connectivity index (χ2n) is 6.12. The second kappa shape index (κ2) is 5.11. The Morgan fingerprint density at radius 1 is 1.32 bits per heavy atom. The third-order valence-electron chi connectivity index (χ3n) is 3.07. The molecule has 1 aliphatic heterocycles. The van der Waals surface area contributed by atoms with Crippen LogP contribution in [0.1, 0.15) is 26.3 Å². The van der Waals surface area contributed by atoms with E-state index in [9.17, 15) is 9.90 Å². The molecule has 1 aromatic carbocycles. The molecule has 0 saturated carbocycles. The Balaban J connectivity index is 1.77. The molecule has 2 rings (SSSR count). The maximum atomic E-state index is 11.8. The van der Waals surface area contributed by atoms with Crippen molar-refractivity contribution in [1.29, 1.82) is 0 Å². The van der Waals surface area contributed by atoms with Crippen LogP contribution in [-0.2, 0) is 11.2 Å². The topological polar surface area (TPSA) is 49.8 Å². The van der Waals surface area contributed by atoms with E-state index in [1.165, 1.54) is 5.56 Å². The standard InChI is InChI=1S/C15H21NO3/c1-15(2,3)19-14(18)16-9-12(10-16)8-11-4-6-13(17)7-5-11/h4-7,12,17H,8-10H2,1-3H3. The number of hydrogen-bond donors (Lipinski definition) is 1. The lowest BCUT2D eigenvalue weighted by Crippen LogP contribution is -2.52. The highest BCUT2D eigenvalue weighted by Crippen LogP contribution is 2.23. The molecule has 0 atom stereocenters. The molecule has 1 aliphatic rings. The summed E-state index contributed by atoms with van der Waals surface area (Å²) in [5.74, 6) is 0.768. The zero-order valence-electron chi connectivity index (χ0n) is 11.7. The Bertz CT molecular complexity index is 441. The van der Waals surface area contributed by atoms with E-state index in [0.29, 0.717) is 5.92 Å². The average molecular weight is 263 g/mol. The van der Waals surface area contributed by atoms with Gasteiger partial charge in [-0.2, -0.15) is 0 Å². The van der Waals surface area contributed by atoms with Gasteiger partial charge >= 0.3 is 6.09 Å². The normalized spacial score (nSPS) is 16.1. The maximum Gasteiger partial charge on any atom is 0.410 e. The van der Waals surface area contributed by atoms with Gasteiger partial charge in [-0.1, -0.05) is 12.1 Å². The molecule has 1 heterocycles. The number of aromatic hydroxyl groups is 1. The van der Waals surface area contributed by atoms with Crippen molar-refractivity contribution < 1.29 is 14.6 Å². The molecule has 4 nitrogen and oxygen atoms in total. The zero-order chi connectivity index (χ0) is 14.0. The van der Waals surface area contributed by atoms with Crippen LogP contribution >= 0.6 is 0 Å². The van der Waals surface area contributed by atoms with E-state index in [1.54, 1.807) is 17.0 Å². The fraction of sp³-hybridized carbons (Fsp3) is 0.533. The largest absolute Gasteiger partial charge is 0.508 e. The van der Waals surface area contributed by atoms with Crippen LogP contribution in [0, 0.1) is 5.92 Å². The predicted octanol–water partition coefficient (Wildman–Crippen LogP) is 2.80. The van der Waals surface area contributed by atoms with Crippen molar-refractivity contribution in [2.24, 2.45) is 5.92 Å². The first-order chi connectivity index (χ1) is 8.83. The number of amides is 1. The van der Waals surface area contributed by atoms with Crippen LogP contribution in [0.2, 0.25) is 0 Å². The summed E-state index contributed by atoms with van der Waals surface area (Å²) in [5, 5.41) is 9.22. The fourth-order valence-electron chi connectivity index (χ4n) is 2.14. The van der Waals surface area contributed by atoms with Crippen molar-refractivity contribution in [2.45, 2.75) is 32.8 Å². The zero-order valence-corrected chi connectivity index (χ0v) is 11.7. The van der Waals surface area contributed by atoms with Gasteiger partial charge in [0.1, 0.15) is 11.4 Å². The lowest BCUT2D eigenvalue weighted by molar-refractivity contribution is -0.000876. The fourth-order valence-corrected chi connectivity index (χ4v) is 2.14. The van der Waals surface area contributed by atoms with Gasteiger partial charge in [-0.25, -0.2) is 4.79 Å². The van der Waals surface area contributed by atoms with E-state index in [2.05, 4.69) is 0 Å². The number of carbonyl (C=O) groups excluding carboxylic acids is 1. The smallest absolute Gasteiger partial charge is 0.410 e. The van der Waals surface area contributed by atoms with Crippen LogP contribution < -0.4 is 0 Å². The van der Waals surface area contributed by atoms with E-state index in [4.69, 9.17) is 4.74 Å². The van der Waals surface area contributed by atoms with Crippen LogP contribution in [0.5, 0.6) is 5.75 Å².